The van der Waals surface area contributed by atoms with E-state index in [9.17, 15) is 4.79 Å². The molecule has 4 nitrogen and oxygen atoms in total. The monoisotopic (exact) mass is 343 g/mol. The molecule has 25 heavy (non-hydrogen) atoms. The summed E-state index contributed by atoms with van der Waals surface area (Å²) < 4.78 is 0. The second-order valence-electron chi connectivity index (χ2n) is 8.46. The number of likely N-dealkylation sites (N-methyl/N-ethyl adjacent to an activating group) is 1. The second-order valence-corrected chi connectivity index (χ2v) is 8.46. The Hall–Kier alpha value is -1.39. The van der Waals surface area contributed by atoms with Crippen LogP contribution in [0.3, 0.4) is 0 Å². The number of likely N-dealkylation sites (tertiary alicyclic amines) is 1. The number of primary amides is 1. The van der Waals surface area contributed by atoms with Crippen LogP contribution in [0.1, 0.15) is 38.7 Å². The summed E-state index contributed by atoms with van der Waals surface area (Å²) >= 11 is 0. The van der Waals surface area contributed by atoms with E-state index in [2.05, 4.69) is 61.0 Å². The number of amides is 1. The third-order valence-electron chi connectivity index (χ3n) is 6.18. The zero-order chi connectivity index (χ0) is 18.0. The first-order valence-electron chi connectivity index (χ1n) is 9.73. The maximum Gasteiger partial charge on any atom is 0.234 e. The summed E-state index contributed by atoms with van der Waals surface area (Å²) in [5.41, 5.74) is 7.12. The van der Waals surface area contributed by atoms with Gasteiger partial charge in [-0.25, -0.2) is 0 Å². The number of hydrogen-bond donors (Lipinski definition) is 1. The zero-order valence-corrected chi connectivity index (χ0v) is 15.9. The second kappa shape index (κ2) is 7.88. The minimum Gasteiger partial charge on any atom is -0.368 e. The van der Waals surface area contributed by atoms with E-state index in [1.165, 1.54) is 24.9 Å². The van der Waals surface area contributed by atoms with Gasteiger partial charge in [0.1, 0.15) is 0 Å². The Morgan fingerprint density at radius 2 is 1.96 bits per heavy atom. The van der Waals surface area contributed by atoms with Gasteiger partial charge in [-0.1, -0.05) is 44.2 Å². The van der Waals surface area contributed by atoms with Gasteiger partial charge in [-0.15, -0.1) is 0 Å². The standard InChI is InChI=1S/C21H33N3O/c1-15(2)11-20(21(22)25)23(3)19-10-9-17-13-24(14-18(17)19)12-16-7-5-4-6-8-16/h4-8,15,17-20H,9-14H2,1-3H3,(H2,22,25)/t17-,18+,19+,20-/m0/s1. The molecule has 138 valence electrons. The highest BCUT2D eigenvalue weighted by atomic mass is 16.1. The third-order valence-corrected chi connectivity index (χ3v) is 6.18. The highest BCUT2D eigenvalue weighted by Gasteiger charge is 2.45. The average molecular weight is 344 g/mol. The van der Waals surface area contributed by atoms with Crippen molar-refractivity contribution in [3.8, 4) is 0 Å². The number of hydrogen-bond acceptors (Lipinski definition) is 3. The van der Waals surface area contributed by atoms with Crippen LogP contribution in [-0.2, 0) is 11.3 Å². The van der Waals surface area contributed by atoms with E-state index >= 15 is 0 Å². The zero-order valence-electron chi connectivity index (χ0n) is 15.9. The molecule has 2 aliphatic rings. The predicted octanol–water partition coefficient (Wildman–Crippen LogP) is 2.73. The van der Waals surface area contributed by atoms with Crippen LogP contribution in [0.4, 0.5) is 0 Å². The van der Waals surface area contributed by atoms with Gasteiger partial charge in [0.2, 0.25) is 5.91 Å². The molecule has 1 aliphatic heterocycles. The number of benzene rings is 1. The van der Waals surface area contributed by atoms with Crippen LogP contribution in [0.2, 0.25) is 0 Å². The molecule has 2 fully saturated rings. The van der Waals surface area contributed by atoms with E-state index in [0.717, 1.165) is 25.4 Å². The summed E-state index contributed by atoms with van der Waals surface area (Å²) in [6, 6.07) is 11.1. The van der Waals surface area contributed by atoms with Crippen LogP contribution < -0.4 is 5.73 Å². The minimum atomic E-state index is -0.168. The van der Waals surface area contributed by atoms with E-state index in [4.69, 9.17) is 5.73 Å². The summed E-state index contributed by atoms with van der Waals surface area (Å²) in [5, 5.41) is 0. The van der Waals surface area contributed by atoms with Gasteiger partial charge >= 0.3 is 0 Å². The Balaban J connectivity index is 1.64. The van der Waals surface area contributed by atoms with Crippen LogP contribution in [0.15, 0.2) is 30.3 Å². The Morgan fingerprint density at radius 1 is 1.24 bits per heavy atom. The van der Waals surface area contributed by atoms with Gasteiger partial charge in [-0.3, -0.25) is 14.6 Å². The molecule has 1 aromatic carbocycles. The van der Waals surface area contributed by atoms with Crippen molar-refractivity contribution in [1.29, 1.82) is 0 Å². The van der Waals surface area contributed by atoms with Crippen molar-refractivity contribution in [2.24, 2.45) is 23.5 Å². The molecule has 1 amide bonds. The molecule has 4 atom stereocenters. The Labute approximate surface area is 152 Å². The SMILES string of the molecule is CC(C)C[C@@H](C(N)=O)N(C)[C@@H]1CC[C@H]2CN(Cc3ccccc3)C[C@H]21. The first kappa shape index (κ1) is 18.4. The fourth-order valence-electron chi connectivity index (χ4n) is 4.97. The summed E-state index contributed by atoms with van der Waals surface area (Å²) in [5.74, 6) is 1.75. The lowest BCUT2D eigenvalue weighted by Crippen LogP contribution is -2.50. The maximum absolute atomic E-state index is 12.0. The van der Waals surface area contributed by atoms with Crippen molar-refractivity contribution in [1.82, 2.24) is 9.80 Å². The van der Waals surface area contributed by atoms with Crippen molar-refractivity contribution in [3.05, 3.63) is 35.9 Å². The van der Waals surface area contributed by atoms with E-state index in [-0.39, 0.29) is 11.9 Å². The summed E-state index contributed by atoms with van der Waals surface area (Å²) in [7, 11) is 2.12. The predicted molar refractivity (Wildman–Crippen MR) is 102 cm³/mol. The number of nitrogens with two attached hydrogens (primary N) is 1. The van der Waals surface area contributed by atoms with Gasteiger partial charge in [0.05, 0.1) is 6.04 Å². The van der Waals surface area contributed by atoms with Gasteiger partial charge in [0, 0.05) is 25.7 Å². The van der Waals surface area contributed by atoms with Gasteiger partial charge in [-0.05, 0) is 49.6 Å². The quantitative estimate of drug-likeness (QED) is 0.828. The molecule has 4 heteroatoms. The first-order valence-corrected chi connectivity index (χ1v) is 9.73. The number of rotatable bonds is 7. The fourth-order valence-corrected chi connectivity index (χ4v) is 4.97. The Kier molecular flexibility index (Phi) is 5.80. The molecule has 0 aromatic heterocycles. The van der Waals surface area contributed by atoms with E-state index < -0.39 is 0 Å². The first-order chi connectivity index (χ1) is 12.0. The molecule has 0 spiro atoms. The Morgan fingerprint density at radius 3 is 2.60 bits per heavy atom. The highest BCUT2D eigenvalue weighted by molar-refractivity contribution is 5.79. The van der Waals surface area contributed by atoms with E-state index in [0.29, 0.717) is 17.9 Å². The average Bonchev–Trinajstić information content (AvgIpc) is 3.12. The van der Waals surface area contributed by atoms with Crippen molar-refractivity contribution >= 4 is 5.91 Å². The Bertz CT molecular complexity index is 574. The molecular formula is C21H33N3O. The molecule has 1 aliphatic carbocycles. The lowest BCUT2D eigenvalue weighted by atomic mass is 9.94. The van der Waals surface area contributed by atoms with Crippen LogP contribution >= 0.6 is 0 Å². The number of carbonyl (C=O) groups excluding carboxylic acids is 1. The molecule has 0 radical (unpaired) electrons. The maximum atomic E-state index is 12.0. The molecule has 2 N–H and O–H groups in total. The van der Waals surface area contributed by atoms with Crippen molar-refractivity contribution in [2.45, 2.75) is 51.7 Å². The summed E-state index contributed by atoms with van der Waals surface area (Å²) in [6.07, 6.45) is 3.33. The van der Waals surface area contributed by atoms with Crippen molar-refractivity contribution in [3.63, 3.8) is 0 Å². The molecule has 0 unspecified atom stereocenters. The molecule has 1 saturated heterocycles. The van der Waals surface area contributed by atoms with Crippen molar-refractivity contribution < 1.29 is 4.79 Å². The highest BCUT2D eigenvalue weighted by Crippen LogP contribution is 2.41. The molecule has 1 saturated carbocycles. The number of carbonyl (C=O) groups is 1. The topological polar surface area (TPSA) is 49.6 Å². The third kappa shape index (κ3) is 4.24. The summed E-state index contributed by atoms with van der Waals surface area (Å²) in [6.45, 7) is 7.70. The smallest absolute Gasteiger partial charge is 0.234 e. The lowest BCUT2D eigenvalue weighted by Gasteiger charge is -2.35. The fraction of sp³-hybridized carbons (Fsp3) is 0.667. The number of fused-ring (bicyclic) bond motifs is 1. The van der Waals surface area contributed by atoms with Gasteiger partial charge in [0.15, 0.2) is 0 Å². The van der Waals surface area contributed by atoms with Gasteiger partial charge in [0.25, 0.3) is 0 Å². The van der Waals surface area contributed by atoms with E-state index in [1.54, 1.807) is 0 Å². The normalized spacial score (nSPS) is 27.8. The van der Waals surface area contributed by atoms with Crippen LogP contribution in [0.25, 0.3) is 0 Å². The number of nitrogens with zero attached hydrogens (tertiary/aromatic N) is 2. The largest absolute Gasteiger partial charge is 0.368 e. The van der Waals surface area contributed by atoms with E-state index in [1.807, 2.05) is 0 Å². The molecule has 3 rings (SSSR count). The van der Waals surface area contributed by atoms with Crippen LogP contribution in [-0.4, -0.2) is 47.9 Å². The minimum absolute atomic E-state index is 0.132. The molecular weight excluding hydrogens is 310 g/mol. The lowest BCUT2D eigenvalue weighted by molar-refractivity contribution is -0.124. The van der Waals surface area contributed by atoms with Crippen LogP contribution in [0, 0.1) is 17.8 Å². The van der Waals surface area contributed by atoms with Crippen LogP contribution in [0.5, 0.6) is 0 Å². The van der Waals surface area contributed by atoms with Crippen molar-refractivity contribution in [2.75, 3.05) is 20.1 Å². The molecule has 1 heterocycles. The molecule has 1 aromatic rings. The summed E-state index contributed by atoms with van der Waals surface area (Å²) in [4.78, 5) is 16.9. The molecule has 0 bridgehead atoms. The van der Waals surface area contributed by atoms with Gasteiger partial charge < -0.3 is 5.73 Å². The van der Waals surface area contributed by atoms with Gasteiger partial charge in [-0.2, -0.15) is 0 Å².